The van der Waals surface area contributed by atoms with Crippen LogP contribution in [0.3, 0.4) is 0 Å². The minimum Gasteiger partial charge on any atom is -0.377 e. The molecule has 0 unspecified atom stereocenters. The van der Waals surface area contributed by atoms with Crippen molar-refractivity contribution in [3.63, 3.8) is 0 Å². The van der Waals surface area contributed by atoms with Gasteiger partial charge in [-0.1, -0.05) is 12.1 Å². The molecule has 1 aromatic heterocycles. The molecule has 1 aliphatic heterocycles. The Bertz CT molecular complexity index is 568. The van der Waals surface area contributed by atoms with E-state index in [1.807, 2.05) is 34.5 Å². The smallest absolute Gasteiger partial charge is 0.227 e. The second-order valence-electron chi connectivity index (χ2n) is 4.45. The number of anilines is 2. The van der Waals surface area contributed by atoms with Crippen LogP contribution in [0.25, 0.3) is 0 Å². The molecule has 0 saturated carbocycles. The first-order valence-electron chi connectivity index (χ1n) is 6.36. The summed E-state index contributed by atoms with van der Waals surface area (Å²) in [5, 5.41) is 6.38. The third kappa shape index (κ3) is 2.61. The fraction of sp³-hybridized carbons (Fsp3) is 0.286. The summed E-state index contributed by atoms with van der Waals surface area (Å²) in [6.45, 7) is 1.51. The van der Waals surface area contributed by atoms with E-state index < -0.39 is 0 Å². The van der Waals surface area contributed by atoms with E-state index >= 15 is 0 Å². The highest BCUT2D eigenvalue weighted by molar-refractivity contribution is 7.09. The average molecular weight is 273 g/mol. The molecule has 1 saturated heterocycles. The number of aromatic nitrogens is 1. The van der Waals surface area contributed by atoms with E-state index in [0.717, 1.165) is 29.3 Å². The van der Waals surface area contributed by atoms with Crippen LogP contribution < -0.4 is 10.2 Å². The third-order valence-corrected chi connectivity index (χ3v) is 3.96. The lowest BCUT2D eigenvalue weighted by atomic mass is 10.2. The molecule has 3 rings (SSSR count). The fourth-order valence-corrected chi connectivity index (χ4v) is 2.83. The van der Waals surface area contributed by atoms with Crippen LogP contribution in [0.2, 0.25) is 0 Å². The van der Waals surface area contributed by atoms with Gasteiger partial charge in [-0.3, -0.25) is 4.79 Å². The molecule has 2 aromatic rings. The van der Waals surface area contributed by atoms with Crippen molar-refractivity contribution >= 4 is 28.6 Å². The number of rotatable bonds is 4. The number of thiazole rings is 1. The van der Waals surface area contributed by atoms with Gasteiger partial charge in [0, 0.05) is 24.5 Å². The van der Waals surface area contributed by atoms with Crippen molar-refractivity contribution in [1.82, 2.24) is 4.98 Å². The molecule has 1 amide bonds. The Balaban J connectivity index is 1.79. The molecule has 1 fully saturated rings. The first-order valence-corrected chi connectivity index (χ1v) is 7.24. The van der Waals surface area contributed by atoms with Gasteiger partial charge in [0.25, 0.3) is 0 Å². The SMILES string of the molecule is O=C1CCCN1c1ccccc1NCc1nccs1. The van der Waals surface area contributed by atoms with Gasteiger partial charge < -0.3 is 10.2 Å². The van der Waals surface area contributed by atoms with Gasteiger partial charge >= 0.3 is 0 Å². The van der Waals surface area contributed by atoms with Crippen LogP contribution in [0.5, 0.6) is 0 Å². The summed E-state index contributed by atoms with van der Waals surface area (Å²) in [4.78, 5) is 18.0. The maximum atomic E-state index is 11.8. The summed E-state index contributed by atoms with van der Waals surface area (Å²) >= 11 is 1.63. The minimum atomic E-state index is 0.212. The standard InChI is InChI=1S/C14H15N3OS/c18-14-6-3-8-17(14)12-5-2-1-4-11(12)16-10-13-15-7-9-19-13/h1-2,4-5,7,9,16H,3,6,8,10H2. The highest BCUT2D eigenvalue weighted by Gasteiger charge is 2.23. The number of nitrogens with one attached hydrogen (secondary N) is 1. The lowest BCUT2D eigenvalue weighted by molar-refractivity contribution is -0.117. The summed E-state index contributed by atoms with van der Waals surface area (Å²) in [6.07, 6.45) is 3.40. The molecule has 0 bridgehead atoms. The van der Waals surface area contributed by atoms with E-state index in [4.69, 9.17) is 0 Å². The number of carbonyl (C=O) groups is 1. The number of para-hydroxylation sites is 2. The zero-order valence-electron chi connectivity index (χ0n) is 10.5. The topological polar surface area (TPSA) is 45.2 Å². The van der Waals surface area contributed by atoms with Crippen molar-refractivity contribution < 1.29 is 4.79 Å². The molecule has 19 heavy (non-hydrogen) atoms. The summed E-state index contributed by atoms with van der Waals surface area (Å²) in [5.74, 6) is 0.212. The lowest BCUT2D eigenvalue weighted by Gasteiger charge is -2.20. The zero-order chi connectivity index (χ0) is 13.1. The van der Waals surface area contributed by atoms with Crippen molar-refractivity contribution in [1.29, 1.82) is 0 Å². The van der Waals surface area contributed by atoms with Gasteiger partial charge in [0.15, 0.2) is 0 Å². The van der Waals surface area contributed by atoms with Gasteiger partial charge in [-0.25, -0.2) is 4.98 Å². The maximum absolute atomic E-state index is 11.8. The van der Waals surface area contributed by atoms with Gasteiger partial charge in [-0.15, -0.1) is 11.3 Å². The quantitative estimate of drug-likeness (QED) is 0.931. The number of hydrogen-bond acceptors (Lipinski definition) is 4. The molecule has 1 aliphatic rings. The first-order chi connectivity index (χ1) is 9.34. The third-order valence-electron chi connectivity index (χ3n) is 3.18. The Morgan fingerprint density at radius 1 is 1.37 bits per heavy atom. The lowest BCUT2D eigenvalue weighted by Crippen LogP contribution is -2.24. The summed E-state index contributed by atoms with van der Waals surface area (Å²) in [7, 11) is 0. The Hall–Kier alpha value is -1.88. The van der Waals surface area contributed by atoms with Gasteiger partial charge in [-0.05, 0) is 18.6 Å². The molecule has 0 radical (unpaired) electrons. The first kappa shape index (κ1) is 12.2. The van der Waals surface area contributed by atoms with Crippen LogP contribution in [0.15, 0.2) is 35.8 Å². The predicted molar refractivity (Wildman–Crippen MR) is 77.5 cm³/mol. The second kappa shape index (κ2) is 5.40. The molecular weight excluding hydrogens is 258 g/mol. The van der Waals surface area contributed by atoms with E-state index in [1.54, 1.807) is 17.5 Å². The van der Waals surface area contributed by atoms with Crippen molar-refractivity contribution in [3.05, 3.63) is 40.8 Å². The average Bonchev–Trinajstić information content (AvgIpc) is 3.08. The molecular formula is C14H15N3OS. The number of amides is 1. The van der Waals surface area contributed by atoms with Gasteiger partial charge in [0.05, 0.1) is 17.9 Å². The Labute approximate surface area is 116 Å². The molecule has 4 nitrogen and oxygen atoms in total. The van der Waals surface area contributed by atoms with E-state index in [0.29, 0.717) is 13.0 Å². The van der Waals surface area contributed by atoms with Crippen molar-refractivity contribution in [3.8, 4) is 0 Å². The molecule has 0 aliphatic carbocycles. The van der Waals surface area contributed by atoms with Crippen molar-refractivity contribution in [2.45, 2.75) is 19.4 Å². The van der Waals surface area contributed by atoms with Crippen molar-refractivity contribution in [2.75, 3.05) is 16.8 Å². The van der Waals surface area contributed by atoms with Crippen LogP contribution >= 0.6 is 11.3 Å². The van der Waals surface area contributed by atoms with E-state index in [-0.39, 0.29) is 5.91 Å². The van der Waals surface area contributed by atoms with Crippen LogP contribution in [-0.4, -0.2) is 17.4 Å². The van der Waals surface area contributed by atoms with E-state index in [2.05, 4.69) is 10.3 Å². The molecule has 5 heteroatoms. The highest BCUT2D eigenvalue weighted by atomic mass is 32.1. The molecule has 0 atom stereocenters. The van der Waals surface area contributed by atoms with Crippen LogP contribution in [0, 0.1) is 0 Å². The predicted octanol–water partition coefficient (Wildman–Crippen LogP) is 2.88. The highest BCUT2D eigenvalue weighted by Crippen LogP contribution is 2.29. The normalized spacial score (nSPS) is 14.9. The summed E-state index contributed by atoms with van der Waals surface area (Å²) in [5.41, 5.74) is 1.97. The molecule has 98 valence electrons. The van der Waals surface area contributed by atoms with E-state index in [1.165, 1.54) is 0 Å². The van der Waals surface area contributed by atoms with Gasteiger partial charge in [0.2, 0.25) is 5.91 Å². The number of benzene rings is 1. The minimum absolute atomic E-state index is 0.212. The summed E-state index contributed by atoms with van der Waals surface area (Å²) < 4.78 is 0. The van der Waals surface area contributed by atoms with Crippen LogP contribution in [0.4, 0.5) is 11.4 Å². The zero-order valence-corrected chi connectivity index (χ0v) is 11.3. The van der Waals surface area contributed by atoms with Crippen LogP contribution in [-0.2, 0) is 11.3 Å². The number of nitrogens with zero attached hydrogens (tertiary/aromatic N) is 2. The number of carbonyl (C=O) groups excluding carboxylic acids is 1. The molecule has 1 aromatic carbocycles. The van der Waals surface area contributed by atoms with Gasteiger partial charge in [0.1, 0.15) is 5.01 Å². The molecule has 2 heterocycles. The van der Waals surface area contributed by atoms with Crippen molar-refractivity contribution in [2.24, 2.45) is 0 Å². The van der Waals surface area contributed by atoms with Gasteiger partial charge in [-0.2, -0.15) is 0 Å². The fourth-order valence-electron chi connectivity index (χ4n) is 2.27. The Morgan fingerprint density at radius 2 is 2.26 bits per heavy atom. The largest absolute Gasteiger partial charge is 0.377 e. The van der Waals surface area contributed by atoms with E-state index in [9.17, 15) is 4.79 Å². The molecule has 0 spiro atoms. The molecule has 1 N–H and O–H groups in total. The second-order valence-corrected chi connectivity index (χ2v) is 5.42. The Kier molecular flexibility index (Phi) is 3.46. The monoisotopic (exact) mass is 273 g/mol. The van der Waals surface area contributed by atoms with Crippen LogP contribution in [0.1, 0.15) is 17.8 Å². The maximum Gasteiger partial charge on any atom is 0.227 e. The number of hydrogen-bond donors (Lipinski definition) is 1. The summed E-state index contributed by atoms with van der Waals surface area (Å²) in [6, 6.07) is 7.95. The Morgan fingerprint density at radius 3 is 3.00 bits per heavy atom.